The second kappa shape index (κ2) is 3.41. The van der Waals surface area contributed by atoms with Crippen molar-refractivity contribution in [2.75, 3.05) is 14.1 Å². The molecule has 0 aliphatic rings. The van der Waals surface area contributed by atoms with Crippen LogP contribution < -0.4 is 0 Å². The highest BCUT2D eigenvalue weighted by molar-refractivity contribution is 5.83. The number of hydrogen-bond donors (Lipinski definition) is 0. The molecule has 0 heterocycles. The monoisotopic (exact) mass is 127 g/mol. The Morgan fingerprint density at radius 1 is 1.67 bits per heavy atom. The quantitative estimate of drug-likeness (QED) is 0.520. The molecule has 0 aromatic heterocycles. The second-order valence-electron chi connectivity index (χ2n) is 2.25. The lowest BCUT2D eigenvalue weighted by Crippen LogP contribution is -2.31. The number of carbonyl (C=O) groups excluding carboxylic acids is 1. The maximum absolute atomic E-state index is 10.7. The minimum absolute atomic E-state index is 0.120. The van der Waals surface area contributed by atoms with Crippen molar-refractivity contribution < 1.29 is 4.79 Å². The third-order valence-electron chi connectivity index (χ3n) is 1.20. The van der Waals surface area contributed by atoms with Crippen molar-refractivity contribution in [3.63, 3.8) is 0 Å². The molecule has 0 spiro atoms. The van der Waals surface area contributed by atoms with E-state index in [-0.39, 0.29) is 11.8 Å². The summed E-state index contributed by atoms with van der Waals surface area (Å²) in [5.74, 6) is 0.134. The van der Waals surface area contributed by atoms with Gasteiger partial charge < -0.3 is 0 Å². The molecule has 0 amide bonds. The third kappa shape index (κ3) is 2.42. The molecule has 0 N–H and O–H groups in total. The van der Waals surface area contributed by atoms with Crippen LogP contribution in [0.2, 0.25) is 0 Å². The summed E-state index contributed by atoms with van der Waals surface area (Å²) in [6.45, 7) is 5.10. The lowest BCUT2D eigenvalue weighted by Gasteiger charge is -2.16. The number of nitrogens with zero attached hydrogens (tertiary/aromatic N) is 1. The number of ketones is 1. The molecule has 52 valence electrons. The number of Topliss-reactive ketones (excluding diaryl/α,β-unsaturated/α-hetero) is 1. The Morgan fingerprint density at radius 2 is 2.11 bits per heavy atom. The van der Waals surface area contributed by atoms with Gasteiger partial charge in [0.15, 0.2) is 5.78 Å². The fourth-order valence-corrected chi connectivity index (χ4v) is 0.740. The van der Waals surface area contributed by atoms with Crippen LogP contribution in [0, 0.1) is 0 Å². The Balaban J connectivity index is 3.98. The number of carbonyl (C=O) groups is 1. The topological polar surface area (TPSA) is 20.3 Å². The lowest BCUT2D eigenvalue weighted by atomic mass is 10.2. The zero-order valence-electron chi connectivity index (χ0n) is 6.22. The van der Waals surface area contributed by atoms with E-state index in [1.165, 1.54) is 0 Å². The van der Waals surface area contributed by atoms with Crippen LogP contribution in [0.3, 0.4) is 0 Å². The summed E-state index contributed by atoms with van der Waals surface area (Å²) >= 11 is 0. The van der Waals surface area contributed by atoms with Gasteiger partial charge in [-0.3, -0.25) is 9.69 Å². The van der Waals surface area contributed by atoms with Gasteiger partial charge >= 0.3 is 0 Å². The predicted octanol–water partition coefficient (Wildman–Crippen LogP) is 0.692. The predicted molar refractivity (Wildman–Crippen MR) is 38.4 cm³/mol. The molecular formula is C7H13NO. The minimum atomic E-state index is -0.120. The Kier molecular flexibility index (Phi) is 3.17. The molecular weight excluding hydrogens is 114 g/mol. The van der Waals surface area contributed by atoms with Gasteiger partial charge in [-0.2, -0.15) is 0 Å². The first-order chi connectivity index (χ1) is 4.09. The molecule has 0 aliphatic heterocycles. The van der Waals surface area contributed by atoms with Crippen LogP contribution in [0.4, 0.5) is 0 Å². The summed E-state index contributed by atoms with van der Waals surface area (Å²) in [7, 11) is 3.71. The fourth-order valence-electron chi connectivity index (χ4n) is 0.740. The van der Waals surface area contributed by atoms with E-state index in [2.05, 4.69) is 6.58 Å². The van der Waals surface area contributed by atoms with Crippen LogP contribution in [0.1, 0.15) is 6.92 Å². The third-order valence-corrected chi connectivity index (χ3v) is 1.20. The molecule has 2 heteroatoms. The second-order valence-corrected chi connectivity index (χ2v) is 2.25. The van der Waals surface area contributed by atoms with Crippen molar-refractivity contribution in [1.82, 2.24) is 4.90 Å². The van der Waals surface area contributed by atoms with E-state index in [1.807, 2.05) is 19.0 Å². The highest BCUT2D eigenvalue weighted by Crippen LogP contribution is 1.94. The Bertz CT molecular complexity index is 118. The van der Waals surface area contributed by atoms with Gasteiger partial charge in [-0.15, -0.1) is 6.58 Å². The van der Waals surface area contributed by atoms with Gasteiger partial charge in [0, 0.05) is 0 Å². The smallest absolute Gasteiger partial charge is 0.150 e. The van der Waals surface area contributed by atoms with Crippen LogP contribution in [0.15, 0.2) is 12.7 Å². The first kappa shape index (κ1) is 8.37. The summed E-state index contributed by atoms with van der Waals surface area (Å²) in [6.07, 6.45) is 1.64. The van der Waals surface area contributed by atoms with E-state index in [1.54, 1.807) is 13.0 Å². The van der Waals surface area contributed by atoms with Crippen molar-refractivity contribution >= 4 is 5.78 Å². The summed E-state index contributed by atoms with van der Waals surface area (Å²) in [5, 5.41) is 0. The molecule has 0 saturated heterocycles. The maximum atomic E-state index is 10.7. The number of rotatable bonds is 3. The van der Waals surface area contributed by atoms with Crippen LogP contribution in [0.25, 0.3) is 0 Å². The maximum Gasteiger partial charge on any atom is 0.150 e. The largest absolute Gasteiger partial charge is 0.298 e. The Labute approximate surface area is 56.2 Å². The van der Waals surface area contributed by atoms with Crippen molar-refractivity contribution in [3.05, 3.63) is 12.7 Å². The first-order valence-electron chi connectivity index (χ1n) is 2.89. The van der Waals surface area contributed by atoms with Crippen LogP contribution in [0.5, 0.6) is 0 Å². The highest BCUT2D eigenvalue weighted by atomic mass is 16.1. The van der Waals surface area contributed by atoms with E-state index in [0.717, 1.165) is 0 Å². The van der Waals surface area contributed by atoms with Gasteiger partial charge in [0.05, 0.1) is 6.04 Å². The zero-order valence-corrected chi connectivity index (χ0v) is 6.22. The molecule has 1 atom stereocenters. The molecule has 9 heavy (non-hydrogen) atoms. The van der Waals surface area contributed by atoms with Gasteiger partial charge in [0.25, 0.3) is 0 Å². The summed E-state index contributed by atoms with van der Waals surface area (Å²) < 4.78 is 0. The van der Waals surface area contributed by atoms with Crippen LogP contribution >= 0.6 is 0 Å². The van der Waals surface area contributed by atoms with Gasteiger partial charge in [0.2, 0.25) is 0 Å². The van der Waals surface area contributed by atoms with E-state index < -0.39 is 0 Å². The van der Waals surface area contributed by atoms with Crippen LogP contribution in [-0.4, -0.2) is 30.8 Å². The first-order valence-corrected chi connectivity index (χ1v) is 2.89. The highest BCUT2D eigenvalue weighted by Gasteiger charge is 2.10. The minimum Gasteiger partial charge on any atom is -0.298 e. The summed E-state index contributed by atoms with van der Waals surface area (Å²) in [6, 6.07) is -0.120. The van der Waals surface area contributed by atoms with Crippen molar-refractivity contribution in [2.45, 2.75) is 13.0 Å². The van der Waals surface area contributed by atoms with Crippen molar-refractivity contribution in [2.24, 2.45) is 0 Å². The fraction of sp³-hybridized carbons (Fsp3) is 0.571. The van der Waals surface area contributed by atoms with E-state index in [4.69, 9.17) is 0 Å². The average molecular weight is 127 g/mol. The van der Waals surface area contributed by atoms with Crippen molar-refractivity contribution in [3.8, 4) is 0 Å². The Hall–Kier alpha value is -0.630. The molecule has 0 aliphatic carbocycles. The molecule has 0 aromatic carbocycles. The molecule has 2 nitrogen and oxygen atoms in total. The summed E-state index contributed by atoms with van der Waals surface area (Å²) in [4.78, 5) is 12.5. The van der Waals surface area contributed by atoms with E-state index in [9.17, 15) is 4.79 Å². The molecule has 0 aromatic rings. The molecule has 0 saturated carbocycles. The van der Waals surface area contributed by atoms with Crippen LogP contribution in [-0.2, 0) is 4.79 Å². The normalized spacial score (nSPS) is 13.3. The SMILES string of the molecule is C=C[C@@H](C(C)=O)N(C)C. The molecule has 0 radical (unpaired) electrons. The Morgan fingerprint density at radius 3 is 2.11 bits per heavy atom. The van der Waals surface area contributed by atoms with Gasteiger partial charge in [0.1, 0.15) is 0 Å². The standard InChI is InChI=1S/C7H13NO/c1-5-7(6(2)9)8(3)4/h5,7H,1H2,2-4H3/t7-/m0/s1. The number of hydrogen-bond acceptors (Lipinski definition) is 2. The summed E-state index contributed by atoms with van der Waals surface area (Å²) in [5.41, 5.74) is 0. The van der Waals surface area contributed by atoms with Gasteiger partial charge in [-0.25, -0.2) is 0 Å². The molecule has 0 unspecified atom stereocenters. The average Bonchev–Trinajstić information content (AvgIpc) is 1.64. The molecule has 0 rings (SSSR count). The lowest BCUT2D eigenvalue weighted by molar-refractivity contribution is -0.119. The number of likely N-dealkylation sites (N-methyl/N-ethyl adjacent to an activating group) is 1. The van der Waals surface area contributed by atoms with Gasteiger partial charge in [-0.05, 0) is 21.0 Å². The van der Waals surface area contributed by atoms with E-state index in [0.29, 0.717) is 0 Å². The van der Waals surface area contributed by atoms with E-state index >= 15 is 0 Å². The molecule has 0 fully saturated rings. The van der Waals surface area contributed by atoms with Gasteiger partial charge in [-0.1, -0.05) is 6.08 Å². The van der Waals surface area contributed by atoms with Crippen molar-refractivity contribution in [1.29, 1.82) is 0 Å². The zero-order chi connectivity index (χ0) is 7.44. The molecule has 0 bridgehead atoms.